The van der Waals surface area contributed by atoms with Crippen LogP contribution in [0.4, 0.5) is 4.39 Å². The zero-order valence-electron chi connectivity index (χ0n) is 15.5. The van der Waals surface area contributed by atoms with Gasteiger partial charge < -0.3 is 19.5 Å². The topological polar surface area (TPSA) is 115 Å². The van der Waals surface area contributed by atoms with Crippen molar-refractivity contribution in [2.75, 3.05) is 6.79 Å². The van der Waals surface area contributed by atoms with Crippen LogP contribution in [-0.4, -0.2) is 32.8 Å². The van der Waals surface area contributed by atoms with Crippen molar-refractivity contribution < 1.29 is 32.9 Å². The van der Waals surface area contributed by atoms with E-state index in [2.05, 4.69) is 10.9 Å². The van der Waals surface area contributed by atoms with Gasteiger partial charge >= 0.3 is 8.60 Å². The van der Waals surface area contributed by atoms with Crippen LogP contribution in [-0.2, 0) is 20.4 Å². The Morgan fingerprint density at radius 1 is 1.47 bits per heavy atom. The summed E-state index contributed by atoms with van der Waals surface area (Å²) in [5, 5.41) is 17.7. The Labute approximate surface area is 177 Å². The monoisotopic (exact) mass is 456 g/mol. The molecule has 1 saturated heterocycles. The van der Waals surface area contributed by atoms with Crippen molar-refractivity contribution in [1.29, 1.82) is 0 Å². The highest BCUT2D eigenvalue weighted by Gasteiger charge is 2.25. The zero-order valence-corrected chi connectivity index (χ0v) is 17.2. The molecule has 2 aliphatic heterocycles. The fourth-order valence-corrected chi connectivity index (χ4v) is 3.82. The molecule has 3 heterocycles. The van der Waals surface area contributed by atoms with Crippen LogP contribution in [0.3, 0.4) is 0 Å². The molecule has 0 spiro atoms. The Morgan fingerprint density at radius 2 is 2.27 bits per heavy atom. The molecule has 30 heavy (non-hydrogen) atoms. The van der Waals surface area contributed by atoms with E-state index in [0.717, 1.165) is 0 Å². The maximum Gasteiger partial charge on any atom is 0.399 e. The van der Waals surface area contributed by atoms with Crippen molar-refractivity contribution in [3.05, 3.63) is 56.5 Å². The van der Waals surface area contributed by atoms with Gasteiger partial charge in [-0.05, 0) is 36.8 Å². The first-order valence-corrected chi connectivity index (χ1v) is 10.2. The van der Waals surface area contributed by atoms with E-state index < -0.39 is 21.7 Å². The van der Waals surface area contributed by atoms with Gasteiger partial charge in [-0.2, -0.15) is 0 Å². The lowest BCUT2D eigenvalue weighted by molar-refractivity contribution is -0.113. The molecule has 3 atom stereocenters. The molecule has 0 bridgehead atoms. The molecule has 2 aromatic rings. The number of hydrogen-bond acceptors (Lipinski definition) is 8. The fraction of sp³-hybridized carbons (Fsp3) is 0.333. The Bertz CT molecular complexity index is 1050. The summed E-state index contributed by atoms with van der Waals surface area (Å²) >= 11 is 5.00. The van der Waals surface area contributed by atoms with Crippen LogP contribution in [0.2, 0.25) is 0 Å². The summed E-state index contributed by atoms with van der Waals surface area (Å²) in [6.07, 6.45) is 6.68. The van der Waals surface area contributed by atoms with Gasteiger partial charge in [0.15, 0.2) is 17.9 Å². The van der Waals surface area contributed by atoms with Gasteiger partial charge in [0.1, 0.15) is 23.4 Å². The Hall–Kier alpha value is -2.16. The molecule has 0 amide bonds. The molecular formula is C18H18FN2O7PS. The molecule has 0 aliphatic carbocycles. The van der Waals surface area contributed by atoms with Gasteiger partial charge in [0.2, 0.25) is 0 Å². The lowest BCUT2D eigenvalue weighted by Crippen LogP contribution is -2.19. The molecule has 12 heteroatoms. The molecule has 160 valence electrons. The van der Waals surface area contributed by atoms with Gasteiger partial charge in [-0.15, -0.1) is 6.42 Å². The molecule has 2 aliphatic rings. The number of aromatic amines is 1. The van der Waals surface area contributed by atoms with E-state index in [-0.39, 0.29) is 34.5 Å². The SMILES string of the molecule is C#Cc1cn(C2CC[C@@H](O)O2)c(=S)[nH]c1=O.OCOP1OCc2cc(F)ccc2O1. The van der Waals surface area contributed by atoms with Gasteiger partial charge in [0.05, 0.1) is 6.61 Å². The van der Waals surface area contributed by atoms with Crippen LogP contribution < -0.4 is 10.1 Å². The Kier molecular flexibility index (Phi) is 7.69. The molecule has 3 N–H and O–H groups in total. The normalized spacial score (nSPS) is 22.3. The Morgan fingerprint density at radius 3 is 2.93 bits per heavy atom. The number of hydrogen-bond donors (Lipinski definition) is 3. The van der Waals surface area contributed by atoms with Crippen LogP contribution in [0.1, 0.15) is 30.2 Å². The van der Waals surface area contributed by atoms with Crippen molar-refractivity contribution >= 4 is 20.8 Å². The first-order chi connectivity index (χ1) is 14.4. The van der Waals surface area contributed by atoms with Crippen molar-refractivity contribution in [1.82, 2.24) is 9.55 Å². The van der Waals surface area contributed by atoms with Crippen LogP contribution >= 0.6 is 20.8 Å². The maximum atomic E-state index is 12.8. The maximum absolute atomic E-state index is 12.8. The Balaban J connectivity index is 0.000000172. The summed E-state index contributed by atoms with van der Waals surface area (Å²) in [4.78, 5) is 13.8. The van der Waals surface area contributed by atoms with Gasteiger partial charge in [-0.1, -0.05) is 5.92 Å². The predicted octanol–water partition coefficient (Wildman–Crippen LogP) is 2.44. The summed E-state index contributed by atoms with van der Waals surface area (Å²) in [6, 6.07) is 4.17. The highest BCUT2D eigenvalue weighted by Crippen LogP contribution is 2.46. The minimum Gasteiger partial charge on any atom is -0.426 e. The average Bonchev–Trinajstić information content (AvgIpc) is 3.15. The minimum atomic E-state index is -1.54. The molecular weight excluding hydrogens is 438 g/mol. The standard InChI is InChI=1S/C10H10N2O3S.C8H8FO4P/c1-2-6-5-12(10(16)11-9(6)14)7-3-4-8(13)15-7;9-7-1-2-8-6(3-7)4-11-14(13-8)12-5-10/h1,5,7-8,13H,3-4H2,(H,11,14,16);1-3,10H,4-5H2/t7?,8-;/m0./s1. The zero-order chi connectivity index (χ0) is 21.7. The number of aromatic nitrogens is 2. The quantitative estimate of drug-likeness (QED) is 0.279. The molecule has 1 aromatic carbocycles. The van der Waals surface area contributed by atoms with Gasteiger partial charge in [0, 0.05) is 18.2 Å². The van der Waals surface area contributed by atoms with Gasteiger partial charge in [0.25, 0.3) is 5.56 Å². The number of rotatable bonds is 3. The van der Waals surface area contributed by atoms with E-state index in [4.69, 9.17) is 42.1 Å². The highest BCUT2D eigenvalue weighted by molar-refractivity contribution is 7.71. The summed E-state index contributed by atoms with van der Waals surface area (Å²) in [6.45, 7) is -0.221. The predicted molar refractivity (Wildman–Crippen MR) is 106 cm³/mol. The average molecular weight is 456 g/mol. The summed E-state index contributed by atoms with van der Waals surface area (Å²) < 4.78 is 34.9. The second-order valence-electron chi connectivity index (χ2n) is 6.07. The number of nitrogens with zero attached hydrogens (tertiary/aromatic N) is 1. The lowest BCUT2D eigenvalue weighted by atomic mass is 10.2. The second-order valence-corrected chi connectivity index (χ2v) is 7.61. The van der Waals surface area contributed by atoms with E-state index in [1.165, 1.54) is 24.4 Å². The van der Waals surface area contributed by atoms with Crippen LogP contribution in [0, 0.1) is 22.9 Å². The fourth-order valence-electron chi connectivity index (χ4n) is 2.70. The number of H-pyrrole nitrogens is 1. The summed E-state index contributed by atoms with van der Waals surface area (Å²) in [5.74, 6) is 2.48. The number of aliphatic hydroxyl groups excluding tert-OH is 2. The minimum absolute atomic E-state index is 0.193. The highest BCUT2D eigenvalue weighted by atomic mass is 32.1. The van der Waals surface area contributed by atoms with Gasteiger partial charge in [-0.25, -0.2) is 4.39 Å². The third-order valence-corrected chi connectivity index (χ3v) is 5.42. The van der Waals surface area contributed by atoms with E-state index >= 15 is 0 Å². The van der Waals surface area contributed by atoms with E-state index in [9.17, 15) is 14.3 Å². The lowest BCUT2D eigenvalue weighted by Gasteiger charge is -2.22. The van der Waals surface area contributed by atoms with E-state index in [1.54, 1.807) is 4.57 Å². The molecule has 0 saturated carbocycles. The number of benzene rings is 1. The van der Waals surface area contributed by atoms with Crippen LogP contribution in [0.25, 0.3) is 0 Å². The molecule has 2 unspecified atom stereocenters. The largest absolute Gasteiger partial charge is 0.426 e. The van der Waals surface area contributed by atoms with Crippen LogP contribution in [0.5, 0.6) is 5.75 Å². The number of ether oxygens (including phenoxy) is 1. The van der Waals surface area contributed by atoms with Crippen molar-refractivity contribution in [3.8, 4) is 18.1 Å². The molecule has 4 rings (SSSR count). The first-order valence-electron chi connectivity index (χ1n) is 8.70. The van der Waals surface area contributed by atoms with Crippen LogP contribution in [0.15, 0.2) is 29.2 Å². The van der Waals surface area contributed by atoms with Crippen molar-refractivity contribution in [3.63, 3.8) is 0 Å². The number of halogens is 1. The molecule has 1 aromatic heterocycles. The number of nitrogens with one attached hydrogen (secondary N) is 1. The van der Waals surface area contributed by atoms with E-state index in [1.807, 2.05) is 0 Å². The summed E-state index contributed by atoms with van der Waals surface area (Å²) in [5.41, 5.74) is 0.450. The number of aliphatic hydroxyl groups is 2. The second kappa shape index (κ2) is 10.2. The van der Waals surface area contributed by atoms with Crippen molar-refractivity contribution in [2.24, 2.45) is 0 Å². The molecule has 0 radical (unpaired) electrons. The first kappa shape index (κ1) is 22.5. The smallest absolute Gasteiger partial charge is 0.399 e. The molecule has 1 fully saturated rings. The molecule has 9 nitrogen and oxygen atoms in total. The summed E-state index contributed by atoms with van der Waals surface area (Å²) in [7, 11) is -1.54. The van der Waals surface area contributed by atoms with Gasteiger partial charge in [-0.3, -0.25) is 23.4 Å². The van der Waals surface area contributed by atoms with Crippen molar-refractivity contribution in [2.45, 2.75) is 32.0 Å². The van der Waals surface area contributed by atoms with E-state index in [0.29, 0.717) is 24.2 Å². The number of fused-ring (bicyclic) bond motifs is 1. The number of terminal acetylenes is 1. The third-order valence-electron chi connectivity index (χ3n) is 4.09. The third kappa shape index (κ3) is 5.50.